The molecule has 8 rings (SSSR count). The minimum absolute atomic E-state index is 0.104. The third kappa shape index (κ3) is 3.03. The van der Waals surface area contributed by atoms with Crippen LogP contribution in [0.25, 0.3) is 0 Å². The van der Waals surface area contributed by atoms with Crippen LogP contribution in [-0.2, 0) is 9.47 Å². The van der Waals surface area contributed by atoms with Gasteiger partial charge in [-0.2, -0.15) is 0 Å². The summed E-state index contributed by atoms with van der Waals surface area (Å²) in [7, 11) is 0. The number of hydrogen-bond donors (Lipinski definition) is 0. The summed E-state index contributed by atoms with van der Waals surface area (Å²) in [5.74, 6) is 6.80. The molecule has 8 saturated carbocycles. The van der Waals surface area contributed by atoms with Crippen molar-refractivity contribution in [3.05, 3.63) is 24.3 Å². The highest BCUT2D eigenvalue weighted by Gasteiger charge is 2.67. The zero-order chi connectivity index (χ0) is 20.7. The summed E-state index contributed by atoms with van der Waals surface area (Å²) in [4.78, 5) is 0. The van der Waals surface area contributed by atoms with Crippen molar-refractivity contribution in [2.45, 2.75) is 89.3 Å². The smallest absolute Gasteiger partial charge is 0.0726 e. The molecule has 0 heterocycles. The van der Waals surface area contributed by atoms with E-state index in [0.29, 0.717) is 11.8 Å². The van der Waals surface area contributed by atoms with Gasteiger partial charge in [-0.25, -0.2) is 0 Å². The van der Waals surface area contributed by atoms with Gasteiger partial charge in [-0.15, -0.1) is 0 Å². The molecular weight excluding hydrogens is 368 g/mol. The first-order chi connectivity index (χ1) is 14.4. The predicted molar refractivity (Wildman–Crippen MR) is 121 cm³/mol. The Morgan fingerprint density at radius 3 is 1.27 bits per heavy atom. The van der Waals surface area contributed by atoms with Crippen LogP contribution in [0.3, 0.4) is 0 Å². The summed E-state index contributed by atoms with van der Waals surface area (Å²) >= 11 is 0. The van der Waals surface area contributed by atoms with E-state index in [0.717, 1.165) is 48.7 Å². The van der Waals surface area contributed by atoms with Gasteiger partial charge in [-0.05, 0) is 125 Å². The molecule has 0 aromatic carbocycles. The molecule has 2 nitrogen and oxygen atoms in total. The lowest BCUT2D eigenvalue weighted by Crippen LogP contribution is -2.69. The second-order valence-corrected chi connectivity index (χ2v) is 12.9. The molecule has 6 unspecified atom stereocenters. The largest absolute Gasteiger partial charge is 0.370 e. The van der Waals surface area contributed by atoms with E-state index in [-0.39, 0.29) is 11.2 Å². The lowest BCUT2D eigenvalue weighted by molar-refractivity contribution is -0.280. The van der Waals surface area contributed by atoms with Crippen LogP contribution in [0.15, 0.2) is 24.3 Å². The van der Waals surface area contributed by atoms with Crippen LogP contribution in [0.4, 0.5) is 0 Å². The van der Waals surface area contributed by atoms with Gasteiger partial charge in [0, 0.05) is 0 Å². The van der Waals surface area contributed by atoms with E-state index in [2.05, 4.69) is 27.0 Å². The lowest BCUT2D eigenvalue weighted by atomic mass is 9.39. The predicted octanol–water partition coefficient (Wildman–Crippen LogP) is 6.56. The van der Waals surface area contributed by atoms with Gasteiger partial charge in [-0.1, -0.05) is 24.3 Å². The highest BCUT2D eigenvalue weighted by atomic mass is 16.5. The molecule has 8 aliphatic rings. The molecule has 166 valence electrons. The monoisotopic (exact) mass is 410 g/mol. The summed E-state index contributed by atoms with van der Waals surface area (Å²) in [6.45, 7) is 14.2. The van der Waals surface area contributed by atoms with Crippen molar-refractivity contribution in [3.8, 4) is 0 Å². The van der Waals surface area contributed by atoms with E-state index in [1.807, 2.05) is 0 Å². The van der Waals surface area contributed by atoms with Crippen molar-refractivity contribution in [1.29, 1.82) is 0 Å². The van der Waals surface area contributed by atoms with E-state index in [1.165, 1.54) is 75.4 Å². The number of fused-ring (bicyclic) bond motifs is 1. The molecule has 8 aliphatic carbocycles. The van der Waals surface area contributed by atoms with E-state index in [9.17, 15) is 0 Å². The Bertz CT molecular complexity index is 647. The standard InChI is InChI=1S/C28H42O2/c1-17(2)15-29-27-11-19-5-20(12-27)8-23(7-19)25(27)26-24-9-21-6-22(10-24)14-28(26,13-21)30-16-18(3)4/h19-26H,1,3,5-16H2,2,4H3. The van der Waals surface area contributed by atoms with Crippen molar-refractivity contribution < 1.29 is 9.47 Å². The first-order valence-electron chi connectivity index (χ1n) is 12.9. The van der Waals surface area contributed by atoms with Crippen LogP contribution in [-0.4, -0.2) is 24.4 Å². The van der Waals surface area contributed by atoms with Crippen molar-refractivity contribution in [1.82, 2.24) is 0 Å². The molecule has 6 atom stereocenters. The first-order valence-corrected chi connectivity index (χ1v) is 12.9. The van der Waals surface area contributed by atoms with Gasteiger partial charge in [0.1, 0.15) is 0 Å². The fraction of sp³-hybridized carbons (Fsp3) is 0.857. The average molecular weight is 411 g/mol. The number of hydrogen-bond acceptors (Lipinski definition) is 2. The maximum Gasteiger partial charge on any atom is 0.0726 e. The van der Waals surface area contributed by atoms with Gasteiger partial charge in [0.15, 0.2) is 0 Å². The van der Waals surface area contributed by atoms with Gasteiger partial charge < -0.3 is 9.47 Å². The van der Waals surface area contributed by atoms with Gasteiger partial charge in [0.25, 0.3) is 0 Å². The quantitative estimate of drug-likeness (QED) is 0.442. The van der Waals surface area contributed by atoms with E-state index in [4.69, 9.17) is 9.47 Å². The highest BCUT2D eigenvalue weighted by Crippen LogP contribution is 2.69. The van der Waals surface area contributed by atoms with Gasteiger partial charge in [-0.3, -0.25) is 0 Å². The highest BCUT2D eigenvalue weighted by molar-refractivity contribution is 5.18. The van der Waals surface area contributed by atoms with Crippen LogP contribution in [0.5, 0.6) is 0 Å². The van der Waals surface area contributed by atoms with Crippen LogP contribution in [0, 0.1) is 47.3 Å². The molecule has 0 aromatic rings. The number of ether oxygens (including phenoxy) is 2. The topological polar surface area (TPSA) is 18.5 Å². The Hall–Kier alpha value is -0.600. The summed E-state index contributed by atoms with van der Waals surface area (Å²) in [6, 6.07) is 0. The number of rotatable bonds is 7. The summed E-state index contributed by atoms with van der Waals surface area (Å²) in [5.41, 5.74) is 2.58. The van der Waals surface area contributed by atoms with Crippen LogP contribution in [0.1, 0.15) is 78.1 Å². The molecular formula is C28H42O2. The van der Waals surface area contributed by atoms with Gasteiger partial charge >= 0.3 is 0 Å². The maximum atomic E-state index is 6.97. The Morgan fingerprint density at radius 1 is 0.633 bits per heavy atom. The Morgan fingerprint density at radius 2 is 0.967 bits per heavy atom. The minimum atomic E-state index is 0.104. The fourth-order valence-electron chi connectivity index (χ4n) is 10.2. The second-order valence-electron chi connectivity index (χ2n) is 12.9. The maximum absolute atomic E-state index is 6.97. The van der Waals surface area contributed by atoms with Crippen molar-refractivity contribution in [3.63, 3.8) is 0 Å². The average Bonchev–Trinajstić information content (AvgIpc) is 2.65. The molecule has 8 bridgehead atoms. The normalized spacial score (nSPS) is 52.7. The zero-order valence-corrected chi connectivity index (χ0v) is 19.3. The Labute approximate surface area is 183 Å². The molecule has 0 amide bonds. The lowest BCUT2D eigenvalue weighted by Gasteiger charge is -2.69. The minimum Gasteiger partial charge on any atom is -0.370 e. The molecule has 0 aromatic heterocycles. The van der Waals surface area contributed by atoms with Crippen molar-refractivity contribution in [2.24, 2.45) is 47.3 Å². The van der Waals surface area contributed by atoms with Crippen molar-refractivity contribution in [2.75, 3.05) is 13.2 Å². The Balaban J connectivity index is 1.38. The molecule has 2 heteroatoms. The second kappa shape index (κ2) is 6.95. The van der Waals surface area contributed by atoms with Crippen LogP contribution < -0.4 is 0 Å². The van der Waals surface area contributed by atoms with E-state index < -0.39 is 0 Å². The van der Waals surface area contributed by atoms with E-state index >= 15 is 0 Å². The molecule has 30 heavy (non-hydrogen) atoms. The molecule has 8 fully saturated rings. The summed E-state index contributed by atoms with van der Waals surface area (Å²) in [5, 5.41) is 0. The van der Waals surface area contributed by atoms with Gasteiger partial charge in [0.2, 0.25) is 0 Å². The first kappa shape index (κ1) is 20.0. The molecule has 0 radical (unpaired) electrons. The third-order valence-corrected chi connectivity index (χ3v) is 10.2. The molecule has 0 N–H and O–H groups in total. The molecule has 0 spiro atoms. The zero-order valence-electron chi connectivity index (χ0n) is 19.3. The van der Waals surface area contributed by atoms with Crippen LogP contribution >= 0.6 is 0 Å². The third-order valence-electron chi connectivity index (χ3n) is 10.2. The van der Waals surface area contributed by atoms with Gasteiger partial charge in [0.05, 0.1) is 24.4 Å². The van der Waals surface area contributed by atoms with Crippen molar-refractivity contribution >= 4 is 0 Å². The fourth-order valence-corrected chi connectivity index (χ4v) is 10.2. The van der Waals surface area contributed by atoms with Crippen LogP contribution in [0.2, 0.25) is 0 Å². The summed E-state index contributed by atoms with van der Waals surface area (Å²) in [6.07, 6.45) is 14.0. The molecule has 0 saturated heterocycles. The Kier molecular flexibility index (Phi) is 4.64. The summed E-state index contributed by atoms with van der Waals surface area (Å²) < 4.78 is 13.9. The van der Waals surface area contributed by atoms with E-state index in [1.54, 1.807) is 0 Å². The molecule has 0 aliphatic heterocycles. The SMILES string of the molecule is C=C(C)COC12CC3CC(CC(C3)C1C1C3CC4CC(C3)CC1(OCC(=C)C)C4)C2.